The number of benzene rings is 1. The molecule has 1 aromatic heterocycles. The summed E-state index contributed by atoms with van der Waals surface area (Å²) in [6.07, 6.45) is 4.05. The van der Waals surface area contributed by atoms with Crippen LogP contribution in [0.2, 0.25) is 0 Å². The fourth-order valence-electron chi connectivity index (χ4n) is 3.96. The summed E-state index contributed by atoms with van der Waals surface area (Å²) in [4.78, 5) is 0. The number of fused-ring (bicyclic) bond motifs is 1. The molecule has 4 rings (SSSR count). The molecule has 24 heavy (non-hydrogen) atoms. The highest BCUT2D eigenvalue weighted by molar-refractivity contribution is 5.35. The number of aromatic nitrogens is 2. The predicted molar refractivity (Wildman–Crippen MR) is 95.2 cm³/mol. The van der Waals surface area contributed by atoms with Gasteiger partial charge in [-0.3, -0.25) is 0 Å². The highest BCUT2D eigenvalue weighted by atomic mass is 16.5. The van der Waals surface area contributed by atoms with Crippen LogP contribution < -0.4 is 10.6 Å². The van der Waals surface area contributed by atoms with Crippen LogP contribution in [0.3, 0.4) is 0 Å². The summed E-state index contributed by atoms with van der Waals surface area (Å²) in [5.41, 5.74) is 1.65. The average Bonchev–Trinajstić information content (AvgIpc) is 3.11. The first-order valence-electron chi connectivity index (χ1n) is 8.95. The number of rotatable bonds is 5. The summed E-state index contributed by atoms with van der Waals surface area (Å²) in [6.45, 7) is 5.75. The van der Waals surface area contributed by atoms with Crippen LogP contribution in [0.25, 0.3) is 0 Å². The summed E-state index contributed by atoms with van der Waals surface area (Å²) in [5, 5.41) is 11.6. The van der Waals surface area contributed by atoms with Crippen molar-refractivity contribution in [1.29, 1.82) is 0 Å². The van der Waals surface area contributed by atoms with E-state index in [2.05, 4.69) is 50.7 Å². The molecular weight excluding hydrogens is 300 g/mol. The highest BCUT2D eigenvalue weighted by Gasteiger charge is 2.34. The Morgan fingerprint density at radius 1 is 1.21 bits per heavy atom. The standard InChI is InChI=1S/C19H26N4O/c1-2-4-17(5-3-1)19(7-10-24-11-8-19)15-20-12-16-13-21-18-6-9-22-23(18)14-16/h1-6,9,16,20-21H,7-8,10-15H2. The second kappa shape index (κ2) is 6.95. The predicted octanol–water partition coefficient (Wildman–Crippen LogP) is 2.26. The second-order valence-corrected chi connectivity index (χ2v) is 7.04. The van der Waals surface area contributed by atoms with Gasteiger partial charge in [-0.1, -0.05) is 30.3 Å². The molecule has 5 nitrogen and oxygen atoms in total. The van der Waals surface area contributed by atoms with Gasteiger partial charge in [-0.15, -0.1) is 0 Å². The van der Waals surface area contributed by atoms with Gasteiger partial charge in [0.05, 0.1) is 6.20 Å². The van der Waals surface area contributed by atoms with Crippen molar-refractivity contribution in [3.05, 3.63) is 48.2 Å². The molecule has 1 saturated heterocycles. The topological polar surface area (TPSA) is 51.1 Å². The molecule has 2 aromatic rings. The van der Waals surface area contributed by atoms with Crippen molar-refractivity contribution in [2.45, 2.75) is 24.8 Å². The molecule has 1 unspecified atom stereocenters. The van der Waals surface area contributed by atoms with Gasteiger partial charge in [0.2, 0.25) is 0 Å². The van der Waals surface area contributed by atoms with Crippen LogP contribution in [-0.4, -0.2) is 42.6 Å². The Bertz CT molecular complexity index is 648. The zero-order valence-corrected chi connectivity index (χ0v) is 14.1. The van der Waals surface area contributed by atoms with Gasteiger partial charge >= 0.3 is 0 Å². The number of nitrogens with one attached hydrogen (secondary N) is 2. The minimum Gasteiger partial charge on any atom is -0.381 e. The van der Waals surface area contributed by atoms with Crippen LogP contribution in [0, 0.1) is 5.92 Å². The van der Waals surface area contributed by atoms with Gasteiger partial charge < -0.3 is 15.4 Å². The molecule has 2 N–H and O–H groups in total. The zero-order valence-electron chi connectivity index (χ0n) is 14.1. The maximum absolute atomic E-state index is 5.62. The van der Waals surface area contributed by atoms with Gasteiger partial charge in [0.1, 0.15) is 5.82 Å². The zero-order chi connectivity index (χ0) is 16.2. The lowest BCUT2D eigenvalue weighted by atomic mass is 9.74. The highest BCUT2D eigenvalue weighted by Crippen LogP contribution is 2.34. The van der Waals surface area contributed by atoms with Crippen LogP contribution in [0.4, 0.5) is 5.82 Å². The van der Waals surface area contributed by atoms with Crippen LogP contribution in [0.5, 0.6) is 0 Å². The minimum atomic E-state index is 0.207. The van der Waals surface area contributed by atoms with Crippen LogP contribution in [0.15, 0.2) is 42.6 Å². The van der Waals surface area contributed by atoms with Crippen molar-refractivity contribution >= 4 is 5.82 Å². The SMILES string of the molecule is c1ccc(C2(CNCC3CNc4ccnn4C3)CCOCC2)cc1. The van der Waals surface area contributed by atoms with Gasteiger partial charge in [0.15, 0.2) is 0 Å². The van der Waals surface area contributed by atoms with E-state index in [1.807, 2.05) is 12.3 Å². The molecule has 0 bridgehead atoms. The van der Waals surface area contributed by atoms with Gasteiger partial charge in [0.25, 0.3) is 0 Å². The molecular formula is C19H26N4O. The Morgan fingerprint density at radius 2 is 2.04 bits per heavy atom. The summed E-state index contributed by atoms with van der Waals surface area (Å²) in [6, 6.07) is 13.0. The third kappa shape index (κ3) is 3.19. The maximum atomic E-state index is 5.62. The van der Waals surface area contributed by atoms with Gasteiger partial charge in [-0.05, 0) is 18.4 Å². The molecule has 0 aliphatic carbocycles. The normalized spacial score (nSPS) is 22.6. The third-order valence-corrected chi connectivity index (χ3v) is 5.45. The van der Waals surface area contributed by atoms with E-state index in [1.165, 1.54) is 5.56 Å². The number of anilines is 1. The molecule has 2 aliphatic heterocycles. The Balaban J connectivity index is 1.38. The van der Waals surface area contributed by atoms with Crippen LogP contribution in [-0.2, 0) is 16.7 Å². The lowest BCUT2D eigenvalue weighted by Crippen LogP contribution is -2.45. The van der Waals surface area contributed by atoms with Crippen molar-refractivity contribution < 1.29 is 4.74 Å². The van der Waals surface area contributed by atoms with E-state index in [4.69, 9.17) is 4.74 Å². The van der Waals surface area contributed by atoms with E-state index < -0.39 is 0 Å². The quantitative estimate of drug-likeness (QED) is 0.885. The van der Waals surface area contributed by atoms with Crippen molar-refractivity contribution in [3.8, 4) is 0 Å². The molecule has 1 aromatic carbocycles. The number of ether oxygens (including phenoxy) is 1. The summed E-state index contributed by atoms with van der Waals surface area (Å²) in [7, 11) is 0. The average molecular weight is 326 g/mol. The molecule has 0 saturated carbocycles. The maximum Gasteiger partial charge on any atom is 0.124 e. The van der Waals surface area contributed by atoms with E-state index in [1.54, 1.807) is 0 Å². The summed E-state index contributed by atoms with van der Waals surface area (Å²) < 4.78 is 7.69. The van der Waals surface area contributed by atoms with Crippen molar-refractivity contribution in [3.63, 3.8) is 0 Å². The molecule has 0 amide bonds. The molecule has 0 radical (unpaired) electrons. The fourth-order valence-corrected chi connectivity index (χ4v) is 3.96. The fraction of sp³-hybridized carbons (Fsp3) is 0.526. The van der Waals surface area contributed by atoms with E-state index in [0.29, 0.717) is 5.92 Å². The largest absolute Gasteiger partial charge is 0.381 e. The van der Waals surface area contributed by atoms with Crippen molar-refractivity contribution in [2.75, 3.05) is 38.2 Å². The third-order valence-electron chi connectivity index (χ3n) is 5.45. The summed E-state index contributed by atoms with van der Waals surface area (Å²) in [5.74, 6) is 1.71. The minimum absolute atomic E-state index is 0.207. The molecule has 1 atom stereocenters. The lowest BCUT2D eigenvalue weighted by Gasteiger charge is -2.38. The number of hydrogen-bond donors (Lipinski definition) is 2. The van der Waals surface area contributed by atoms with Crippen molar-refractivity contribution in [2.24, 2.45) is 5.92 Å². The van der Waals surface area contributed by atoms with Crippen LogP contribution in [0.1, 0.15) is 18.4 Å². The van der Waals surface area contributed by atoms with Crippen LogP contribution >= 0.6 is 0 Å². The monoisotopic (exact) mass is 326 g/mol. The van der Waals surface area contributed by atoms with Gasteiger partial charge in [-0.25, -0.2) is 4.68 Å². The van der Waals surface area contributed by atoms with Gasteiger partial charge in [-0.2, -0.15) is 5.10 Å². The molecule has 2 aliphatic rings. The second-order valence-electron chi connectivity index (χ2n) is 7.04. The molecule has 3 heterocycles. The molecule has 1 fully saturated rings. The number of hydrogen-bond acceptors (Lipinski definition) is 4. The first kappa shape index (κ1) is 15.7. The van der Waals surface area contributed by atoms with E-state index in [-0.39, 0.29) is 5.41 Å². The number of nitrogens with zero attached hydrogens (tertiary/aromatic N) is 2. The van der Waals surface area contributed by atoms with E-state index in [9.17, 15) is 0 Å². The van der Waals surface area contributed by atoms with Crippen molar-refractivity contribution in [1.82, 2.24) is 15.1 Å². The Morgan fingerprint density at radius 3 is 2.88 bits per heavy atom. The Hall–Kier alpha value is -1.85. The first-order valence-corrected chi connectivity index (χ1v) is 8.95. The Labute approximate surface area is 143 Å². The van der Waals surface area contributed by atoms with E-state index in [0.717, 1.165) is 58.1 Å². The summed E-state index contributed by atoms with van der Waals surface area (Å²) >= 11 is 0. The molecule has 0 spiro atoms. The molecule has 128 valence electrons. The first-order chi connectivity index (χ1) is 11.9. The smallest absolute Gasteiger partial charge is 0.124 e. The molecule has 5 heteroatoms. The van der Waals surface area contributed by atoms with E-state index >= 15 is 0 Å². The van der Waals surface area contributed by atoms with Gasteiger partial charge in [0, 0.05) is 56.8 Å². The lowest BCUT2D eigenvalue weighted by molar-refractivity contribution is 0.0495. The Kier molecular flexibility index (Phi) is 4.54.